The summed E-state index contributed by atoms with van der Waals surface area (Å²) < 4.78 is 25.5. The van der Waals surface area contributed by atoms with Gasteiger partial charge in [0.05, 0.1) is 32.9 Å². The van der Waals surface area contributed by atoms with Crippen molar-refractivity contribution in [2.75, 3.05) is 27.9 Å². The van der Waals surface area contributed by atoms with Gasteiger partial charge in [-0.25, -0.2) is 0 Å². The highest BCUT2D eigenvalue weighted by Gasteiger charge is 2.29. The summed E-state index contributed by atoms with van der Waals surface area (Å²) in [5.74, 6) is 3.86. The third kappa shape index (κ3) is 4.90. The van der Waals surface area contributed by atoms with Gasteiger partial charge in [-0.05, 0) is 48.4 Å². The van der Waals surface area contributed by atoms with Crippen LogP contribution in [0.2, 0.25) is 0 Å². The topological polar surface area (TPSA) is 45.1 Å². The predicted molar refractivity (Wildman–Crippen MR) is 140 cm³/mol. The van der Waals surface area contributed by atoms with Crippen LogP contribution in [0.15, 0.2) is 85.1 Å². The maximum atomic E-state index is 6.18. The Morgan fingerprint density at radius 1 is 0.722 bits per heavy atom. The first-order chi connectivity index (χ1) is 17.7. The first-order valence-corrected chi connectivity index (χ1v) is 12.2. The largest absolute Gasteiger partial charge is 0.496 e. The molecule has 0 amide bonds. The average molecular weight is 485 g/mol. The molecule has 1 unspecified atom stereocenters. The second-order valence-electron chi connectivity index (χ2n) is 8.85. The highest BCUT2D eigenvalue weighted by Crippen LogP contribution is 2.40. The lowest BCUT2D eigenvalue weighted by Gasteiger charge is -2.32. The summed E-state index contributed by atoms with van der Waals surface area (Å²) in [4.78, 5) is 2.49. The summed E-state index contributed by atoms with van der Waals surface area (Å²) in [6.07, 6.45) is 3.21. The SMILES string of the molecule is COc1cc(OC)c(CN2CCCn3cccc3C2c2cccc(Oc3ccccc3)c2)c(OC)c1. The molecular formula is C30H32N2O4. The lowest BCUT2D eigenvalue weighted by Crippen LogP contribution is -2.30. The molecule has 0 bridgehead atoms. The number of nitrogens with zero attached hydrogens (tertiary/aromatic N) is 2. The minimum absolute atomic E-state index is 0.0401. The molecular weight excluding hydrogens is 452 g/mol. The number of rotatable bonds is 8. The van der Waals surface area contributed by atoms with E-state index in [2.05, 4.69) is 46.0 Å². The van der Waals surface area contributed by atoms with Crippen molar-refractivity contribution in [3.8, 4) is 28.7 Å². The molecule has 2 heterocycles. The van der Waals surface area contributed by atoms with E-state index in [4.69, 9.17) is 18.9 Å². The van der Waals surface area contributed by atoms with Gasteiger partial charge in [0.1, 0.15) is 28.7 Å². The molecule has 6 nitrogen and oxygen atoms in total. The van der Waals surface area contributed by atoms with Crippen LogP contribution < -0.4 is 18.9 Å². The molecule has 0 fully saturated rings. The van der Waals surface area contributed by atoms with Crippen molar-refractivity contribution in [3.63, 3.8) is 0 Å². The molecule has 1 aliphatic heterocycles. The van der Waals surface area contributed by atoms with E-state index in [0.29, 0.717) is 12.3 Å². The van der Waals surface area contributed by atoms with Crippen LogP contribution >= 0.6 is 0 Å². The second kappa shape index (κ2) is 10.8. The second-order valence-corrected chi connectivity index (χ2v) is 8.85. The lowest BCUT2D eigenvalue weighted by molar-refractivity contribution is 0.213. The van der Waals surface area contributed by atoms with Crippen LogP contribution in [0, 0.1) is 0 Å². The first-order valence-electron chi connectivity index (χ1n) is 12.2. The molecule has 186 valence electrons. The lowest BCUT2D eigenvalue weighted by atomic mass is 10.00. The van der Waals surface area contributed by atoms with Crippen LogP contribution in [-0.4, -0.2) is 37.3 Å². The Morgan fingerprint density at radius 2 is 1.47 bits per heavy atom. The normalized spacial score (nSPS) is 15.6. The summed E-state index contributed by atoms with van der Waals surface area (Å²) in [6, 6.07) is 26.5. The number of hydrogen-bond acceptors (Lipinski definition) is 5. The summed E-state index contributed by atoms with van der Waals surface area (Å²) in [6.45, 7) is 2.57. The zero-order valence-corrected chi connectivity index (χ0v) is 21.0. The number of para-hydroxylation sites is 1. The quantitative estimate of drug-likeness (QED) is 0.294. The van der Waals surface area contributed by atoms with Crippen molar-refractivity contribution >= 4 is 0 Å². The maximum absolute atomic E-state index is 6.18. The van der Waals surface area contributed by atoms with E-state index in [-0.39, 0.29) is 6.04 Å². The highest BCUT2D eigenvalue weighted by atomic mass is 16.5. The molecule has 0 saturated heterocycles. The Hall–Kier alpha value is -3.90. The molecule has 4 aromatic rings. The van der Waals surface area contributed by atoms with Crippen molar-refractivity contribution in [3.05, 3.63) is 102 Å². The van der Waals surface area contributed by atoms with Gasteiger partial charge in [0.2, 0.25) is 0 Å². The Labute approximate surface area is 212 Å². The van der Waals surface area contributed by atoms with Gasteiger partial charge in [0.15, 0.2) is 0 Å². The number of aryl methyl sites for hydroxylation is 1. The van der Waals surface area contributed by atoms with Crippen LogP contribution in [0.5, 0.6) is 28.7 Å². The van der Waals surface area contributed by atoms with Crippen molar-refractivity contribution < 1.29 is 18.9 Å². The molecule has 0 aliphatic carbocycles. The summed E-state index contributed by atoms with van der Waals surface area (Å²) in [5, 5.41) is 0. The van der Waals surface area contributed by atoms with Crippen LogP contribution in [0.3, 0.4) is 0 Å². The van der Waals surface area contributed by atoms with Gasteiger partial charge in [-0.2, -0.15) is 0 Å². The summed E-state index contributed by atoms with van der Waals surface area (Å²) >= 11 is 0. The Morgan fingerprint density at radius 3 is 2.19 bits per heavy atom. The smallest absolute Gasteiger partial charge is 0.130 e. The zero-order valence-electron chi connectivity index (χ0n) is 21.0. The predicted octanol–water partition coefficient (Wildman–Crippen LogP) is 6.30. The third-order valence-electron chi connectivity index (χ3n) is 6.69. The Bertz CT molecular complexity index is 1280. The van der Waals surface area contributed by atoms with E-state index >= 15 is 0 Å². The van der Waals surface area contributed by atoms with Gasteiger partial charge in [-0.1, -0.05) is 30.3 Å². The molecule has 0 N–H and O–H groups in total. The minimum Gasteiger partial charge on any atom is -0.496 e. The number of benzene rings is 3. The highest BCUT2D eigenvalue weighted by molar-refractivity contribution is 5.51. The summed E-state index contributed by atoms with van der Waals surface area (Å²) in [5.41, 5.74) is 3.44. The molecule has 1 aromatic heterocycles. The summed E-state index contributed by atoms with van der Waals surface area (Å²) in [7, 11) is 5.03. The van der Waals surface area contributed by atoms with E-state index in [1.54, 1.807) is 21.3 Å². The average Bonchev–Trinajstić information content (AvgIpc) is 3.30. The van der Waals surface area contributed by atoms with Gasteiger partial charge >= 0.3 is 0 Å². The molecule has 3 aromatic carbocycles. The molecule has 6 heteroatoms. The van der Waals surface area contributed by atoms with Gasteiger partial charge in [0.25, 0.3) is 0 Å². The van der Waals surface area contributed by atoms with Gasteiger partial charge in [-0.15, -0.1) is 0 Å². The van der Waals surface area contributed by atoms with E-state index < -0.39 is 0 Å². The minimum atomic E-state index is 0.0401. The van der Waals surface area contributed by atoms with E-state index in [1.807, 2.05) is 48.5 Å². The Balaban J connectivity index is 1.54. The van der Waals surface area contributed by atoms with E-state index in [9.17, 15) is 0 Å². The number of ether oxygens (including phenoxy) is 4. The fraction of sp³-hybridized carbons (Fsp3) is 0.267. The third-order valence-corrected chi connectivity index (χ3v) is 6.69. The number of hydrogen-bond donors (Lipinski definition) is 0. The van der Waals surface area contributed by atoms with Gasteiger partial charge < -0.3 is 23.5 Å². The number of methoxy groups -OCH3 is 3. The molecule has 5 rings (SSSR count). The van der Waals surface area contributed by atoms with Crippen molar-refractivity contribution in [2.45, 2.75) is 25.6 Å². The molecule has 0 spiro atoms. The fourth-order valence-corrected chi connectivity index (χ4v) is 5.00. The van der Waals surface area contributed by atoms with Gasteiger partial charge in [0, 0.05) is 43.7 Å². The van der Waals surface area contributed by atoms with Crippen LogP contribution in [0.4, 0.5) is 0 Å². The zero-order chi connectivity index (χ0) is 24.9. The van der Waals surface area contributed by atoms with Crippen LogP contribution in [0.1, 0.15) is 29.3 Å². The maximum Gasteiger partial charge on any atom is 0.130 e. The number of aromatic nitrogens is 1. The number of fused-ring (bicyclic) bond motifs is 1. The monoisotopic (exact) mass is 484 g/mol. The van der Waals surface area contributed by atoms with Gasteiger partial charge in [-0.3, -0.25) is 4.90 Å². The molecule has 1 aliphatic rings. The first kappa shape index (κ1) is 23.8. The van der Waals surface area contributed by atoms with E-state index in [1.165, 1.54) is 11.3 Å². The molecule has 0 saturated carbocycles. The Kier molecular flexibility index (Phi) is 7.14. The standard InChI is InChI=1S/C30H32N2O4/c1-33-25-19-28(34-2)26(29(20-25)35-3)21-32-17-9-16-31-15-8-14-27(31)30(32)22-10-7-13-24(18-22)36-23-11-5-4-6-12-23/h4-8,10-15,18-20,30H,9,16-17,21H2,1-3H3. The van der Waals surface area contributed by atoms with E-state index in [0.717, 1.165) is 48.1 Å². The van der Waals surface area contributed by atoms with Crippen LogP contribution in [0.25, 0.3) is 0 Å². The molecule has 1 atom stereocenters. The van der Waals surface area contributed by atoms with Crippen molar-refractivity contribution in [1.29, 1.82) is 0 Å². The van der Waals surface area contributed by atoms with Crippen molar-refractivity contribution in [1.82, 2.24) is 9.47 Å². The molecule has 0 radical (unpaired) electrons. The van der Waals surface area contributed by atoms with Crippen molar-refractivity contribution in [2.24, 2.45) is 0 Å². The molecule has 36 heavy (non-hydrogen) atoms. The fourth-order valence-electron chi connectivity index (χ4n) is 5.00. The van der Waals surface area contributed by atoms with Crippen LogP contribution in [-0.2, 0) is 13.1 Å².